The van der Waals surface area contributed by atoms with E-state index >= 15 is 0 Å². The third kappa shape index (κ3) is 16.6. The Morgan fingerprint density at radius 3 is 2.14 bits per heavy atom. The summed E-state index contributed by atoms with van der Waals surface area (Å²) >= 11 is 0. The van der Waals surface area contributed by atoms with E-state index in [1.165, 1.54) is 51.4 Å². The van der Waals surface area contributed by atoms with Crippen LogP contribution in [0.2, 0.25) is 0 Å². The Balaban J connectivity index is 3.35. The van der Waals surface area contributed by atoms with Crippen molar-refractivity contribution in [3.05, 3.63) is 12.2 Å². The maximum Gasteiger partial charge on any atom is 0.325 e. The van der Waals surface area contributed by atoms with Gasteiger partial charge in [0.2, 0.25) is 0 Å². The Morgan fingerprint density at radius 1 is 0.909 bits per heavy atom. The van der Waals surface area contributed by atoms with E-state index < -0.39 is 5.97 Å². The first-order valence-corrected chi connectivity index (χ1v) is 8.56. The van der Waals surface area contributed by atoms with Gasteiger partial charge in [-0.05, 0) is 19.3 Å². The Labute approximate surface area is 134 Å². The number of rotatable bonds is 15. The van der Waals surface area contributed by atoms with Crippen LogP contribution in [0.5, 0.6) is 0 Å². The number of hydrogen-bond donors (Lipinski definition) is 1. The van der Waals surface area contributed by atoms with Crippen LogP contribution in [0.4, 0.5) is 0 Å². The number of ketones is 1. The van der Waals surface area contributed by atoms with Crippen molar-refractivity contribution in [2.45, 2.75) is 77.6 Å². The van der Waals surface area contributed by atoms with Crippen molar-refractivity contribution in [2.75, 3.05) is 6.54 Å². The number of hydrogen-bond acceptors (Lipinski definition) is 3. The molecule has 0 bridgehead atoms. The van der Waals surface area contributed by atoms with Crippen LogP contribution in [0, 0.1) is 0 Å². The van der Waals surface area contributed by atoms with Gasteiger partial charge >= 0.3 is 5.97 Å². The van der Waals surface area contributed by atoms with E-state index in [-0.39, 0.29) is 12.3 Å². The lowest BCUT2D eigenvalue weighted by Crippen LogP contribution is -2.03. The van der Waals surface area contributed by atoms with Crippen molar-refractivity contribution in [1.29, 1.82) is 0 Å². The zero-order valence-electron chi connectivity index (χ0n) is 13.9. The molecule has 0 unspecified atom stereocenters. The summed E-state index contributed by atoms with van der Waals surface area (Å²) in [7, 11) is 0. The third-order valence-corrected chi connectivity index (χ3v) is 3.41. The Bertz CT molecular complexity index is 348. The minimum absolute atomic E-state index is 0.113. The second kappa shape index (κ2) is 15.9. The van der Waals surface area contributed by atoms with Crippen molar-refractivity contribution in [3.8, 4) is 0 Å². The minimum atomic E-state index is -1.02. The van der Waals surface area contributed by atoms with Gasteiger partial charge in [-0.15, -0.1) is 0 Å². The summed E-state index contributed by atoms with van der Waals surface area (Å²) in [6, 6.07) is 0. The number of allylic oxidation sites excluding steroid dienone is 2. The summed E-state index contributed by atoms with van der Waals surface area (Å²) < 4.78 is 0. The molecule has 0 radical (unpaired) electrons. The summed E-state index contributed by atoms with van der Waals surface area (Å²) in [5.41, 5.74) is 0. The van der Waals surface area contributed by atoms with E-state index in [9.17, 15) is 9.59 Å². The van der Waals surface area contributed by atoms with Crippen LogP contribution < -0.4 is 0 Å². The molecule has 0 aliphatic rings. The normalized spacial score (nSPS) is 11.5. The van der Waals surface area contributed by atoms with E-state index in [1.54, 1.807) is 0 Å². The van der Waals surface area contributed by atoms with E-state index in [4.69, 9.17) is 5.11 Å². The largest absolute Gasteiger partial charge is 0.480 e. The maximum absolute atomic E-state index is 11.3. The fraction of sp³-hybridized carbons (Fsp3) is 0.722. The van der Waals surface area contributed by atoms with Gasteiger partial charge in [-0.3, -0.25) is 14.6 Å². The number of carbonyl (C=O) groups excluding carboxylic acids is 1. The molecule has 0 aliphatic heterocycles. The first-order valence-electron chi connectivity index (χ1n) is 8.56. The van der Waals surface area contributed by atoms with Crippen LogP contribution in [-0.4, -0.2) is 29.6 Å². The van der Waals surface area contributed by atoms with Gasteiger partial charge in [-0.25, -0.2) is 0 Å². The topological polar surface area (TPSA) is 66.7 Å². The Morgan fingerprint density at radius 2 is 1.50 bits per heavy atom. The highest BCUT2D eigenvalue weighted by Gasteiger charge is 1.96. The number of nitrogens with zero attached hydrogens (tertiary/aromatic N) is 1. The van der Waals surface area contributed by atoms with Crippen LogP contribution >= 0.6 is 0 Å². The van der Waals surface area contributed by atoms with Gasteiger partial charge in [0.25, 0.3) is 0 Å². The zero-order valence-corrected chi connectivity index (χ0v) is 13.9. The van der Waals surface area contributed by atoms with Gasteiger partial charge in [0.1, 0.15) is 6.54 Å². The molecule has 0 atom stereocenters. The molecule has 0 aromatic carbocycles. The van der Waals surface area contributed by atoms with Crippen LogP contribution in [0.3, 0.4) is 0 Å². The molecule has 0 saturated carbocycles. The standard InChI is InChI=1S/C18H31NO3/c1-2-3-4-5-6-7-8-9-10-11-12-13-14-17(20)15-19-16-18(21)22/h11-12,15H,2-10,13-14,16H2,1H3,(H,21,22)/b12-11+,19-15?. The molecule has 0 aromatic rings. The monoisotopic (exact) mass is 309 g/mol. The van der Waals surface area contributed by atoms with Gasteiger partial charge in [0.05, 0.1) is 6.21 Å². The van der Waals surface area contributed by atoms with Crippen molar-refractivity contribution < 1.29 is 14.7 Å². The molecule has 4 heteroatoms. The fourth-order valence-electron chi connectivity index (χ4n) is 2.15. The van der Waals surface area contributed by atoms with Gasteiger partial charge in [-0.2, -0.15) is 0 Å². The first-order chi connectivity index (χ1) is 10.7. The van der Waals surface area contributed by atoms with E-state index in [1.807, 2.05) is 6.08 Å². The molecule has 22 heavy (non-hydrogen) atoms. The molecule has 0 heterocycles. The summed E-state index contributed by atoms with van der Waals surface area (Å²) in [6.07, 6.45) is 18.1. The molecular weight excluding hydrogens is 278 g/mol. The van der Waals surface area contributed by atoms with Gasteiger partial charge in [0.15, 0.2) is 5.78 Å². The SMILES string of the molecule is CCCCCCCCCC/C=C/CCC(=O)C=NCC(=O)O. The summed E-state index contributed by atoms with van der Waals surface area (Å²) in [5, 5.41) is 8.38. The Hall–Kier alpha value is -1.45. The molecular formula is C18H31NO3. The van der Waals surface area contributed by atoms with Crippen LogP contribution in [-0.2, 0) is 9.59 Å². The zero-order chi connectivity index (χ0) is 16.5. The van der Waals surface area contributed by atoms with Crippen molar-refractivity contribution >= 4 is 18.0 Å². The van der Waals surface area contributed by atoms with E-state index in [2.05, 4.69) is 18.0 Å². The number of carboxylic acids is 1. The molecule has 0 aliphatic carbocycles. The molecule has 0 fully saturated rings. The number of Topliss-reactive ketones (excluding diaryl/α,β-unsaturated/α-hetero) is 1. The van der Waals surface area contributed by atoms with E-state index in [0.717, 1.165) is 12.6 Å². The predicted octanol–water partition coefficient (Wildman–Crippen LogP) is 4.58. The lowest BCUT2D eigenvalue weighted by molar-refractivity contribution is -0.135. The molecule has 0 amide bonds. The lowest BCUT2D eigenvalue weighted by Gasteiger charge is -1.99. The van der Waals surface area contributed by atoms with Crippen LogP contribution in [0.15, 0.2) is 17.1 Å². The van der Waals surface area contributed by atoms with E-state index in [0.29, 0.717) is 12.8 Å². The number of aliphatic imine (C=N–C) groups is 1. The molecule has 0 spiro atoms. The number of unbranched alkanes of at least 4 members (excludes halogenated alkanes) is 8. The second-order valence-corrected chi connectivity index (χ2v) is 5.60. The molecule has 4 nitrogen and oxygen atoms in total. The molecule has 0 aromatic heterocycles. The molecule has 1 N–H and O–H groups in total. The lowest BCUT2D eigenvalue weighted by atomic mass is 10.1. The summed E-state index contributed by atoms with van der Waals surface area (Å²) in [6.45, 7) is 1.91. The average Bonchev–Trinajstić information content (AvgIpc) is 2.48. The van der Waals surface area contributed by atoms with Gasteiger partial charge in [-0.1, -0.05) is 64.0 Å². The van der Waals surface area contributed by atoms with Crippen LogP contribution in [0.25, 0.3) is 0 Å². The summed E-state index contributed by atoms with van der Waals surface area (Å²) in [4.78, 5) is 25.1. The van der Waals surface area contributed by atoms with Crippen LogP contribution in [0.1, 0.15) is 77.6 Å². The number of aliphatic carboxylic acids is 1. The van der Waals surface area contributed by atoms with Crippen molar-refractivity contribution in [1.82, 2.24) is 0 Å². The third-order valence-electron chi connectivity index (χ3n) is 3.41. The summed E-state index contributed by atoms with van der Waals surface area (Å²) in [5.74, 6) is -1.13. The number of carboxylic acid groups (broad SMARTS) is 1. The smallest absolute Gasteiger partial charge is 0.325 e. The minimum Gasteiger partial charge on any atom is -0.480 e. The highest BCUT2D eigenvalue weighted by Crippen LogP contribution is 2.09. The van der Waals surface area contributed by atoms with Crippen molar-refractivity contribution in [3.63, 3.8) is 0 Å². The second-order valence-electron chi connectivity index (χ2n) is 5.60. The Kier molecular flexibility index (Phi) is 14.9. The number of carbonyl (C=O) groups is 2. The molecule has 0 saturated heterocycles. The average molecular weight is 309 g/mol. The fourth-order valence-corrected chi connectivity index (χ4v) is 2.15. The maximum atomic E-state index is 11.3. The molecule has 126 valence electrons. The highest BCUT2D eigenvalue weighted by molar-refractivity contribution is 6.27. The van der Waals surface area contributed by atoms with Gasteiger partial charge < -0.3 is 5.11 Å². The first kappa shape index (κ1) is 20.6. The predicted molar refractivity (Wildman–Crippen MR) is 91.6 cm³/mol. The highest BCUT2D eigenvalue weighted by atomic mass is 16.4. The quantitative estimate of drug-likeness (QED) is 0.273. The van der Waals surface area contributed by atoms with Gasteiger partial charge in [0, 0.05) is 6.42 Å². The van der Waals surface area contributed by atoms with Crippen molar-refractivity contribution in [2.24, 2.45) is 4.99 Å². The molecule has 0 rings (SSSR count).